The van der Waals surface area contributed by atoms with E-state index in [1.807, 2.05) is 6.92 Å². The van der Waals surface area contributed by atoms with E-state index in [-0.39, 0.29) is 25.2 Å². The second-order valence-corrected chi connectivity index (χ2v) is 4.03. The van der Waals surface area contributed by atoms with Crippen LogP contribution in [0, 0.1) is 11.6 Å². The highest BCUT2D eigenvalue weighted by molar-refractivity contribution is 5.22. The van der Waals surface area contributed by atoms with E-state index in [2.05, 4.69) is 5.32 Å². The van der Waals surface area contributed by atoms with Crippen LogP contribution < -0.4 is 11.1 Å². The minimum Gasteiger partial charge on any atom is -0.396 e. The molecule has 1 rings (SSSR count). The van der Waals surface area contributed by atoms with Crippen LogP contribution in [-0.4, -0.2) is 24.3 Å². The second-order valence-electron chi connectivity index (χ2n) is 4.03. The van der Waals surface area contributed by atoms with Gasteiger partial charge in [0.25, 0.3) is 0 Å². The molecule has 1 aromatic carbocycles. The summed E-state index contributed by atoms with van der Waals surface area (Å²) in [7, 11) is 0. The average molecular weight is 244 g/mol. The van der Waals surface area contributed by atoms with Gasteiger partial charge in [0.15, 0.2) is 0 Å². The highest BCUT2D eigenvalue weighted by Crippen LogP contribution is 2.18. The molecule has 0 aliphatic carbocycles. The number of halogens is 2. The first kappa shape index (κ1) is 14.0. The number of hydrogen-bond donors (Lipinski definition) is 3. The third kappa shape index (κ3) is 4.03. The molecule has 0 aliphatic heterocycles. The lowest BCUT2D eigenvalue weighted by molar-refractivity contribution is 0.263. The fraction of sp³-hybridized carbons (Fsp3) is 0.500. The van der Waals surface area contributed by atoms with E-state index >= 15 is 0 Å². The van der Waals surface area contributed by atoms with Crippen molar-refractivity contribution in [1.29, 1.82) is 0 Å². The number of rotatable bonds is 6. The number of nitrogens with one attached hydrogen (secondary N) is 1. The molecule has 0 saturated carbocycles. The summed E-state index contributed by atoms with van der Waals surface area (Å²) in [5.74, 6) is -1.21. The van der Waals surface area contributed by atoms with Gasteiger partial charge < -0.3 is 16.2 Å². The minimum absolute atomic E-state index is 0.0120. The molecule has 0 aliphatic rings. The van der Waals surface area contributed by atoms with Crippen LogP contribution in [0.1, 0.15) is 24.9 Å². The molecule has 0 heterocycles. The molecule has 0 fully saturated rings. The summed E-state index contributed by atoms with van der Waals surface area (Å²) in [5.41, 5.74) is 5.92. The zero-order valence-corrected chi connectivity index (χ0v) is 9.79. The Morgan fingerprint density at radius 3 is 2.65 bits per heavy atom. The molecule has 2 unspecified atom stereocenters. The van der Waals surface area contributed by atoms with Gasteiger partial charge in [-0.3, -0.25) is 0 Å². The van der Waals surface area contributed by atoms with E-state index in [4.69, 9.17) is 10.8 Å². The van der Waals surface area contributed by atoms with Gasteiger partial charge in [0.05, 0.1) is 0 Å². The van der Waals surface area contributed by atoms with Crippen molar-refractivity contribution in [1.82, 2.24) is 5.32 Å². The molecule has 96 valence electrons. The topological polar surface area (TPSA) is 58.3 Å². The van der Waals surface area contributed by atoms with Gasteiger partial charge in [-0.15, -0.1) is 0 Å². The van der Waals surface area contributed by atoms with Gasteiger partial charge in [-0.05, 0) is 19.4 Å². The standard InChI is InChI=1S/C12H18F2N2O/c1-8(4-5-17)16-12(7-15)10-3-2-9(13)6-11(10)14/h2-3,6,8,12,16-17H,4-5,7,15H2,1H3. The quantitative estimate of drug-likeness (QED) is 0.707. The summed E-state index contributed by atoms with van der Waals surface area (Å²) in [5, 5.41) is 11.9. The maximum absolute atomic E-state index is 13.5. The third-order valence-electron chi connectivity index (χ3n) is 2.62. The number of aliphatic hydroxyl groups excluding tert-OH is 1. The molecule has 17 heavy (non-hydrogen) atoms. The number of aliphatic hydroxyl groups is 1. The van der Waals surface area contributed by atoms with E-state index in [1.165, 1.54) is 12.1 Å². The molecule has 0 bridgehead atoms. The van der Waals surface area contributed by atoms with Crippen LogP contribution in [-0.2, 0) is 0 Å². The van der Waals surface area contributed by atoms with Crippen molar-refractivity contribution >= 4 is 0 Å². The van der Waals surface area contributed by atoms with Crippen molar-refractivity contribution in [3.05, 3.63) is 35.4 Å². The van der Waals surface area contributed by atoms with Crippen LogP contribution in [0.5, 0.6) is 0 Å². The Bertz CT molecular complexity index is 360. The summed E-state index contributed by atoms with van der Waals surface area (Å²) in [6.45, 7) is 2.13. The zero-order chi connectivity index (χ0) is 12.8. The molecule has 1 aromatic rings. The lowest BCUT2D eigenvalue weighted by atomic mass is 10.0. The maximum atomic E-state index is 13.5. The van der Waals surface area contributed by atoms with Gasteiger partial charge in [-0.1, -0.05) is 6.07 Å². The number of benzene rings is 1. The van der Waals surface area contributed by atoms with Gasteiger partial charge in [0.2, 0.25) is 0 Å². The van der Waals surface area contributed by atoms with E-state index < -0.39 is 11.6 Å². The molecule has 2 atom stereocenters. The molecule has 0 spiro atoms. The van der Waals surface area contributed by atoms with Crippen LogP contribution in [0.15, 0.2) is 18.2 Å². The normalized spacial score (nSPS) is 14.6. The van der Waals surface area contributed by atoms with E-state index in [0.29, 0.717) is 12.0 Å². The van der Waals surface area contributed by atoms with Gasteiger partial charge >= 0.3 is 0 Å². The first-order valence-electron chi connectivity index (χ1n) is 5.60. The Balaban J connectivity index is 2.79. The fourth-order valence-corrected chi connectivity index (χ4v) is 1.69. The van der Waals surface area contributed by atoms with Crippen molar-refractivity contribution < 1.29 is 13.9 Å². The summed E-state index contributed by atoms with van der Waals surface area (Å²) >= 11 is 0. The Hall–Kier alpha value is -1.04. The largest absolute Gasteiger partial charge is 0.396 e. The lowest BCUT2D eigenvalue weighted by Gasteiger charge is -2.22. The summed E-state index contributed by atoms with van der Waals surface area (Å²) in [6, 6.07) is 3.08. The number of hydrogen-bond acceptors (Lipinski definition) is 3. The van der Waals surface area contributed by atoms with E-state index in [0.717, 1.165) is 6.07 Å². The molecule has 0 aromatic heterocycles. The van der Waals surface area contributed by atoms with Gasteiger partial charge in [0.1, 0.15) is 11.6 Å². The average Bonchev–Trinajstić information content (AvgIpc) is 2.27. The van der Waals surface area contributed by atoms with Crippen LogP contribution in [0.2, 0.25) is 0 Å². The number of nitrogens with two attached hydrogens (primary N) is 1. The van der Waals surface area contributed by atoms with Crippen molar-refractivity contribution in [2.75, 3.05) is 13.2 Å². The minimum atomic E-state index is -0.607. The van der Waals surface area contributed by atoms with Crippen LogP contribution >= 0.6 is 0 Å². The first-order valence-corrected chi connectivity index (χ1v) is 5.60. The smallest absolute Gasteiger partial charge is 0.130 e. The van der Waals surface area contributed by atoms with Crippen molar-refractivity contribution in [3.8, 4) is 0 Å². The Morgan fingerprint density at radius 2 is 2.12 bits per heavy atom. The molecule has 0 amide bonds. The predicted octanol–water partition coefficient (Wildman–Crippen LogP) is 1.33. The van der Waals surface area contributed by atoms with E-state index in [1.54, 1.807) is 0 Å². The molecule has 5 heteroatoms. The van der Waals surface area contributed by atoms with Crippen LogP contribution in [0.25, 0.3) is 0 Å². The molecule has 3 nitrogen and oxygen atoms in total. The highest BCUT2D eigenvalue weighted by atomic mass is 19.1. The van der Waals surface area contributed by atoms with Crippen molar-refractivity contribution in [3.63, 3.8) is 0 Å². The SMILES string of the molecule is CC(CCO)NC(CN)c1ccc(F)cc1F. The summed E-state index contributed by atoms with van der Waals surface area (Å²) in [4.78, 5) is 0. The lowest BCUT2D eigenvalue weighted by Crippen LogP contribution is -2.36. The van der Waals surface area contributed by atoms with Crippen LogP contribution in [0.3, 0.4) is 0 Å². The molecule has 0 radical (unpaired) electrons. The van der Waals surface area contributed by atoms with Crippen molar-refractivity contribution in [2.24, 2.45) is 5.73 Å². The summed E-state index contributed by atoms with van der Waals surface area (Å²) in [6.07, 6.45) is 0.555. The highest BCUT2D eigenvalue weighted by Gasteiger charge is 2.16. The molecular formula is C12H18F2N2O. The van der Waals surface area contributed by atoms with Gasteiger partial charge in [-0.25, -0.2) is 8.78 Å². The van der Waals surface area contributed by atoms with E-state index in [9.17, 15) is 8.78 Å². The monoisotopic (exact) mass is 244 g/mol. The Kier molecular flexibility index (Phi) is 5.47. The first-order chi connectivity index (χ1) is 8.08. The van der Waals surface area contributed by atoms with Crippen LogP contribution in [0.4, 0.5) is 8.78 Å². The van der Waals surface area contributed by atoms with Gasteiger partial charge in [0, 0.05) is 36.9 Å². The molecular weight excluding hydrogens is 226 g/mol. The third-order valence-corrected chi connectivity index (χ3v) is 2.62. The maximum Gasteiger partial charge on any atom is 0.130 e. The Labute approximate surface area is 99.6 Å². The van der Waals surface area contributed by atoms with Gasteiger partial charge in [-0.2, -0.15) is 0 Å². The second kappa shape index (κ2) is 6.64. The fourth-order valence-electron chi connectivity index (χ4n) is 1.69. The zero-order valence-electron chi connectivity index (χ0n) is 9.79. The van der Waals surface area contributed by atoms with Crippen molar-refractivity contribution in [2.45, 2.75) is 25.4 Å². The predicted molar refractivity (Wildman–Crippen MR) is 62.5 cm³/mol. The molecule has 0 saturated heterocycles. The Morgan fingerprint density at radius 1 is 1.41 bits per heavy atom. The summed E-state index contributed by atoms with van der Waals surface area (Å²) < 4.78 is 26.3. The molecule has 4 N–H and O–H groups in total.